The van der Waals surface area contributed by atoms with Crippen LogP contribution in [0.4, 0.5) is 0 Å². The Bertz CT molecular complexity index is 391. The van der Waals surface area contributed by atoms with Crippen molar-refractivity contribution >= 4 is 11.6 Å². The Morgan fingerprint density at radius 1 is 1.38 bits per heavy atom. The van der Waals surface area contributed by atoms with Gasteiger partial charge >= 0.3 is 0 Å². The molecule has 0 aliphatic carbocycles. The van der Waals surface area contributed by atoms with E-state index in [9.17, 15) is 0 Å². The van der Waals surface area contributed by atoms with E-state index >= 15 is 0 Å². The van der Waals surface area contributed by atoms with Crippen LogP contribution in [0.5, 0.6) is 5.75 Å². The molecule has 0 spiro atoms. The summed E-state index contributed by atoms with van der Waals surface area (Å²) in [5.74, 6) is 0.866. The van der Waals surface area contributed by atoms with Crippen molar-refractivity contribution in [2.45, 2.75) is 20.3 Å². The first-order chi connectivity index (χ1) is 7.65. The van der Waals surface area contributed by atoms with Crippen LogP contribution in [0.3, 0.4) is 0 Å². The molecule has 0 atom stereocenters. The molecular formula is C11H14ClN3O. The molecule has 0 aromatic heterocycles. The monoisotopic (exact) mass is 239 g/mol. The van der Waals surface area contributed by atoms with Crippen molar-refractivity contribution in [3.05, 3.63) is 38.7 Å². The lowest BCUT2D eigenvalue weighted by Gasteiger charge is -2.11. The summed E-state index contributed by atoms with van der Waals surface area (Å²) in [4.78, 5) is 2.68. The SMILES string of the molecule is Cc1cc(Cl)cc(C)c1OCCCN=[N+]=[N-]. The van der Waals surface area contributed by atoms with Gasteiger partial charge in [-0.05, 0) is 49.1 Å². The van der Waals surface area contributed by atoms with Crippen LogP contribution in [0.15, 0.2) is 17.2 Å². The van der Waals surface area contributed by atoms with E-state index in [0.29, 0.717) is 19.6 Å². The summed E-state index contributed by atoms with van der Waals surface area (Å²) in [7, 11) is 0. The second-order valence-electron chi connectivity index (χ2n) is 3.53. The maximum Gasteiger partial charge on any atom is 0.125 e. The molecule has 1 aromatic carbocycles. The number of aryl methyl sites for hydroxylation is 2. The van der Waals surface area contributed by atoms with Gasteiger partial charge in [0, 0.05) is 16.5 Å². The Hall–Kier alpha value is -1.38. The zero-order chi connectivity index (χ0) is 12.0. The van der Waals surface area contributed by atoms with E-state index in [2.05, 4.69) is 10.0 Å². The van der Waals surface area contributed by atoms with Crippen LogP contribution in [-0.2, 0) is 0 Å². The number of hydrogen-bond acceptors (Lipinski definition) is 2. The zero-order valence-corrected chi connectivity index (χ0v) is 10.2. The topological polar surface area (TPSA) is 58.0 Å². The maximum atomic E-state index is 8.10. The van der Waals surface area contributed by atoms with Crippen molar-refractivity contribution in [2.24, 2.45) is 5.11 Å². The molecule has 0 saturated heterocycles. The summed E-state index contributed by atoms with van der Waals surface area (Å²) in [6.07, 6.45) is 0.714. The largest absolute Gasteiger partial charge is 0.493 e. The summed E-state index contributed by atoms with van der Waals surface area (Å²) in [5.41, 5.74) is 10.1. The number of azide groups is 1. The van der Waals surface area contributed by atoms with Crippen LogP contribution in [0.2, 0.25) is 5.02 Å². The van der Waals surface area contributed by atoms with Gasteiger partial charge in [-0.1, -0.05) is 16.7 Å². The highest BCUT2D eigenvalue weighted by molar-refractivity contribution is 6.30. The fourth-order valence-corrected chi connectivity index (χ4v) is 1.81. The highest BCUT2D eigenvalue weighted by atomic mass is 35.5. The molecule has 0 unspecified atom stereocenters. The van der Waals surface area contributed by atoms with Gasteiger partial charge < -0.3 is 4.74 Å². The predicted molar refractivity (Wildman–Crippen MR) is 65.1 cm³/mol. The molecule has 1 rings (SSSR count). The number of rotatable bonds is 5. The summed E-state index contributed by atoms with van der Waals surface area (Å²) in [5, 5.41) is 4.16. The van der Waals surface area contributed by atoms with Gasteiger partial charge in [-0.15, -0.1) is 0 Å². The minimum atomic E-state index is 0.461. The first-order valence-electron chi connectivity index (χ1n) is 5.05. The molecule has 5 heteroatoms. The van der Waals surface area contributed by atoms with Crippen LogP contribution in [0.1, 0.15) is 17.5 Å². The van der Waals surface area contributed by atoms with Crippen molar-refractivity contribution < 1.29 is 4.74 Å². The molecule has 0 fully saturated rings. The highest BCUT2D eigenvalue weighted by Gasteiger charge is 2.05. The van der Waals surface area contributed by atoms with Gasteiger partial charge in [-0.2, -0.15) is 0 Å². The normalized spacial score (nSPS) is 9.69. The van der Waals surface area contributed by atoms with E-state index < -0.39 is 0 Å². The average molecular weight is 240 g/mol. The van der Waals surface area contributed by atoms with E-state index in [0.717, 1.165) is 21.9 Å². The molecule has 4 nitrogen and oxygen atoms in total. The highest BCUT2D eigenvalue weighted by Crippen LogP contribution is 2.26. The van der Waals surface area contributed by atoms with Crippen molar-refractivity contribution in [3.8, 4) is 5.75 Å². The minimum Gasteiger partial charge on any atom is -0.493 e. The van der Waals surface area contributed by atoms with Crippen LogP contribution in [0.25, 0.3) is 10.4 Å². The van der Waals surface area contributed by atoms with Crippen LogP contribution in [0, 0.1) is 13.8 Å². The average Bonchev–Trinajstić information content (AvgIpc) is 2.20. The zero-order valence-electron chi connectivity index (χ0n) is 9.40. The standard InChI is InChI=1S/C11H14ClN3O/c1-8-6-10(12)7-9(2)11(8)16-5-3-4-14-15-13/h6-7H,3-5H2,1-2H3. The lowest BCUT2D eigenvalue weighted by Crippen LogP contribution is -2.01. The summed E-state index contributed by atoms with van der Waals surface area (Å²) in [6, 6.07) is 3.74. The van der Waals surface area contributed by atoms with Gasteiger partial charge in [-0.3, -0.25) is 0 Å². The molecule has 0 saturated carbocycles. The second kappa shape index (κ2) is 6.26. The third kappa shape index (κ3) is 3.65. The molecule has 0 N–H and O–H groups in total. The fraction of sp³-hybridized carbons (Fsp3) is 0.455. The Labute approximate surface area is 99.8 Å². The molecule has 86 valence electrons. The molecule has 1 aromatic rings. The molecule has 0 bridgehead atoms. The van der Waals surface area contributed by atoms with Crippen LogP contribution in [-0.4, -0.2) is 13.2 Å². The van der Waals surface area contributed by atoms with E-state index in [-0.39, 0.29) is 0 Å². The summed E-state index contributed by atoms with van der Waals surface area (Å²) < 4.78 is 5.63. The first kappa shape index (κ1) is 12.7. The number of nitrogens with zero attached hydrogens (tertiary/aromatic N) is 3. The number of benzene rings is 1. The van der Waals surface area contributed by atoms with Gasteiger partial charge in [0.2, 0.25) is 0 Å². The molecule has 16 heavy (non-hydrogen) atoms. The molecule has 0 aliphatic rings. The molecule has 0 radical (unpaired) electrons. The molecule has 0 heterocycles. The van der Waals surface area contributed by atoms with E-state index in [1.165, 1.54) is 0 Å². The molecule has 0 amide bonds. The lowest BCUT2D eigenvalue weighted by atomic mass is 10.1. The smallest absolute Gasteiger partial charge is 0.125 e. The lowest BCUT2D eigenvalue weighted by molar-refractivity contribution is 0.309. The van der Waals surface area contributed by atoms with Crippen molar-refractivity contribution in [1.29, 1.82) is 0 Å². The third-order valence-electron chi connectivity index (χ3n) is 2.14. The van der Waals surface area contributed by atoms with Crippen molar-refractivity contribution in [3.63, 3.8) is 0 Å². The first-order valence-corrected chi connectivity index (χ1v) is 5.43. The maximum absolute atomic E-state index is 8.10. The molecule has 0 aliphatic heterocycles. The van der Waals surface area contributed by atoms with Gasteiger partial charge in [0.15, 0.2) is 0 Å². The number of ether oxygens (including phenoxy) is 1. The van der Waals surface area contributed by atoms with Crippen LogP contribution < -0.4 is 4.74 Å². The summed E-state index contributed by atoms with van der Waals surface area (Å²) in [6.45, 7) is 4.92. The van der Waals surface area contributed by atoms with E-state index in [1.807, 2.05) is 26.0 Å². The number of hydrogen-bond donors (Lipinski definition) is 0. The van der Waals surface area contributed by atoms with Crippen molar-refractivity contribution in [1.82, 2.24) is 0 Å². The Balaban J connectivity index is 2.57. The molecular weight excluding hydrogens is 226 g/mol. The second-order valence-corrected chi connectivity index (χ2v) is 3.96. The fourth-order valence-electron chi connectivity index (χ4n) is 1.48. The number of halogens is 1. The Kier molecular flexibility index (Phi) is 4.96. The van der Waals surface area contributed by atoms with E-state index in [4.69, 9.17) is 21.9 Å². The Morgan fingerprint density at radius 3 is 2.56 bits per heavy atom. The predicted octanol–water partition coefficient (Wildman–Crippen LogP) is 4.04. The summed E-state index contributed by atoms with van der Waals surface area (Å²) >= 11 is 5.91. The minimum absolute atomic E-state index is 0.461. The van der Waals surface area contributed by atoms with Crippen molar-refractivity contribution in [2.75, 3.05) is 13.2 Å². The van der Waals surface area contributed by atoms with E-state index in [1.54, 1.807) is 0 Å². The van der Waals surface area contributed by atoms with Gasteiger partial charge in [0.05, 0.1) is 6.61 Å². The van der Waals surface area contributed by atoms with Gasteiger partial charge in [0.25, 0.3) is 0 Å². The van der Waals surface area contributed by atoms with Gasteiger partial charge in [0.1, 0.15) is 5.75 Å². The third-order valence-corrected chi connectivity index (χ3v) is 2.36. The Morgan fingerprint density at radius 2 is 2.00 bits per heavy atom. The quantitative estimate of drug-likeness (QED) is 0.331. The van der Waals surface area contributed by atoms with Crippen LogP contribution >= 0.6 is 11.6 Å². The van der Waals surface area contributed by atoms with Gasteiger partial charge in [-0.25, -0.2) is 0 Å².